The minimum atomic E-state index is -0.515. The molecule has 2 aromatic heterocycles. The van der Waals surface area contributed by atoms with E-state index < -0.39 is 11.2 Å². The Labute approximate surface area is 134 Å². The summed E-state index contributed by atoms with van der Waals surface area (Å²) in [4.78, 5) is 12.7. The summed E-state index contributed by atoms with van der Waals surface area (Å²) >= 11 is 0. The normalized spacial score (nSPS) is 11.5. The molecule has 4 aromatic rings. The van der Waals surface area contributed by atoms with Crippen LogP contribution in [0.3, 0.4) is 0 Å². The van der Waals surface area contributed by atoms with E-state index in [2.05, 4.69) is 6.58 Å². The summed E-state index contributed by atoms with van der Waals surface area (Å²) in [5.41, 5.74) is 0.215. The number of benzene rings is 2. The van der Waals surface area contributed by atoms with Gasteiger partial charge in [0.05, 0.1) is 5.39 Å². The van der Waals surface area contributed by atoms with E-state index in [0.717, 1.165) is 6.07 Å². The number of phenolic OH excluding ortho intramolecular Hbond substituents is 3. The molecule has 0 aliphatic carbocycles. The molecule has 0 spiro atoms. The van der Waals surface area contributed by atoms with Gasteiger partial charge in [-0.05, 0) is 24.6 Å². The van der Waals surface area contributed by atoms with Gasteiger partial charge in [-0.1, -0.05) is 6.58 Å². The first kappa shape index (κ1) is 14.2. The quantitative estimate of drug-likeness (QED) is 0.460. The Morgan fingerprint density at radius 2 is 1.79 bits per heavy atom. The van der Waals surface area contributed by atoms with Crippen molar-refractivity contribution in [3.63, 3.8) is 0 Å². The zero-order valence-electron chi connectivity index (χ0n) is 12.6. The van der Waals surface area contributed by atoms with Gasteiger partial charge in [0.15, 0.2) is 11.2 Å². The smallest absolute Gasteiger partial charge is 0.204 e. The van der Waals surface area contributed by atoms with Crippen LogP contribution in [0.1, 0.15) is 12.7 Å². The summed E-state index contributed by atoms with van der Waals surface area (Å²) in [5.74, 6) is -0.495. The van der Waals surface area contributed by atoms with E-state index in [0.29, 0.717) is 16.7 Å². The maximum atomic E-state index is 12.7. The lowest BCUT2D eigenvalue weighted by Gasteiger charge is -2.05. The molecule has 0 saturated carbocycles. The van der Waals surface area contributed by atoms with Gasteiger partial charge in [0.2, 0.25) is 11.2 Å². The minimum absolute atomic E-state index is 0.0358. The molecule has 0 radical (unpaired) electrons. The molecule has 0 atom stereocenters. The van der Waals surface area contributed by atoms with Gasteiger partial charge in [0, 0.05) is 17.5 Å². The third-order valence-electron chi connectivity index (χ3n) is 3.91. The number of hydrogen-bond acceptors (Lipinski definition) is 6. The van der Waals surface area contributed by atoms with E-state index in [4.69, 9.17) is 8.83 Å². The molecule has 120 valence electrons. The van der Waals surface area contributed by atoms with Crippen LogP contribution < -0.4 is 5.43 Å². The molecule has 2 aromatic carbocycles. The molecule has 0 amide bonds. The molecule has 24 heavy (non-hydrogen) atoms. The summed E-state index contributed by atoms with van der Waals surface area (Å²) in [7, 11) is 0. The molecule has 0 bridgehead atoms. The first-order valence-electron chi connectivity index (χ1n) is 7.10. The van der Waals surface area contributed by atoms with Crippen molar-refractivity contribution >= 4 is 38.5 Å². The van der Waals surface area contributed by atoms with Crippen molar-refractivity contribution in [3.05, 3.63) is 46.8 Å². The number of phenols is 3. The maximum absolute atomic E-state index is 12.7. The fraction of sp³-hybridized carbons (Fsp3) is 0.0556. The van der Waals surface area contributed by atoms with Crippen LogP contribution in [-0.4, -0.2) is 15.3 Å². The third-order valence-corrected chi connectivity index (χ3v) is 3.91. The second-order valence-corrected chi connectivity index (χ2v) is 5.68. The van der Waals surface area contributed by atoms with Crippen LogP contribution in [0.25, 0.3) is 38.5 Å². The number of allylic oxidation sites excluding steroid dienone is 1. The molecule has 6 nitrogen and oxygen atoms in total. The van der Waals surface area contributed by atoms with Crippen molar-refractivity contribution in [3.8, 4) is 17.2 Å². The number of furan rings is 1. The van der Waals surface area contributed by atoms with Crippen molar-refractivity contribution in [1.82, 2.24) is 0 Å². The highest BCUT2D eigenvalue weighted by Crippen LogP contribution is 2.38. The van der Waals surface area contributed by atoms with Crippen molar-refractivity contribution in [2.24, 2.45) is 0 Å². The lowest BCUT2D eigenvalue weighted by atomic mass is 10.1. The van der Waals surface area contributed by atoms with E-state index in [1.165, 1.54) is 12.1 Å². The van der Waals surface area contributed by atoms with E-state index in [1.807, 2.05) is 0 Å². The summed E-state index contributed by atoms with van der Waals surface area (Å²) in [6.07, 6.45) is 0. The van der Waals surface area contributed by atoms with Gasteiger partial charge in [-0.15, -0.1) is 0 Å². The third kappa shape index (κ3) is 1.80. The van der Waals surface area contributed by atoms with Crippen LogP contribution in [0.2, 0.25) is 0 Å². The topological polar surface area (TPSA) is 104 Å². The molecule has 0 saturated heterocycles. The lowest BCUT2D eigenvalue weighted by molar-refractivity contribution is 0.449. The fourth-order valence-electron chi connectivity index (χ4n) is 2.77. The van der Waals surface area contributed by atoms with E-state index in [1.54, 1.807) is 13.0 Å². The Hall–Kier alpha value is -3.41. The summed E-state index contributed by atoms with van der Waals surface area (Å²) in [6, 6.07) is 5.44. The lowest BCUT2D eigenvalue weighted by Crippen LogP contribution is -2.02. The van der Waals surface area contributed by atoms with Gasteiger partial charge in [-0.25, -0.2) is 0 Å². The van der Waals surface area contributed by atoms with Crippen LogP contribution in [-0.2, 0) is 0 Å². The van der Waals surface area contributed by atoms with Gasteiger partial charge in [0.1, 0.15) is 28.2 Å². The second-order valence-electron chi connectivity index (χ2n) is 5.68. The van der Waals surface area contributed by atoms with Crippen LogP contribution >= 0.6 is 0 Å². The van der Waals surface area contributed by atoms with Crippen LogP contribution in [0, 0.1) is 0 Å². The van der Waals surface area contributed by atoms with Crippen molar-refractivity contribution in [2.75, 3.05) is 0 Å². The highest BCUT2D eigenvalue weighted by molar-refractivity contribution is 6.04. The minimum Gasteiger partial charge on any atom is -0.508 e. The monoisotopic (exact) mass is 324 g/mol. The molecule has 4 rings (SSSR count). The van der Waals surface area contributed by atoms with Gasteiger partial charge in [0.25, 0.3) is 0 Å². The molecule has 6 heteroatoms. The first-order chi connectivity index (χ1) is 11.4. The second kappa shape index (κ2) is 4.55. The number of rotatable bonds is 1. The van der Waals surface area contributed by atoms with Crippen LogP contribution in [0.5, 0.6) is 17.2 Å². The average Bonchev–Trinajstić information content (AvgIpc) is 2.93. The average molecular weight is 324 g/mol. The first-order valence-corrected chi connectivity index (χ1v) is 7.10. The van der Waals surface area contributed by atoms with E-state index in [-0.39, 0.29) is 39.0 Å². The zero-order valence-corrected chi connectivity index (χ0v) is 12.6. The van der Waals surface area contributed by atoms with Crippen molar-refractivity contribution in [1.29, 1.82) is 0 Å². The highest BCUT2D eigenvalue weighted by atomic mass is 16.4. The van der Waals surface area contributed by atoms with Gasteiger partial charge in [-0.2, -0.15) is 0 Å². The van der Waals surface area contributed by atoms with Crippen molar-refractivity contribution in [2.45, 2.75) is 6.92 Å². The Morgan fingerprint density at radius 1 is 1.04 bits per heavy atom. The predicted octanol–water partition coefficient (Wildman–Crippen LogP) is 3.84. The molecular formula is C18H12O6. The molecule has 0 aliphatic rings. The predicted molar refractivity (Wildman–Crippen MR) is 89.5 cm³/mol. The van der Waals surface area contributed by atoms with Gasteiger partial charge in [-0.3, -0.25) is 4.79 Å². The van der Waals surface area contributed by atoms with E-state index in [9.17, 15) is 20.1 Å². The summed E-state index contributed by atoms with van der Waals surface area (Å²) < 4.78 is 11.1. The van der Waals surface area contributed by atoms with Gasteiger partial charge < -0.3 is 24.2 Å². The molecule has 0 aliphatic heterocycles. The Balaban J connectivity index is 2.24. The number of aromatic hydroxyl groups is 3. The largest absolute Gasteiger partial charge is 0.508 e. The van der Waals surface area contributed by atoms with Crippen molar-refractivity contribution < 1.29 is 24.2 Å². The Kier molecular flexibility index (Phi) is 2.69. The molecule has 2 heterocycles. The number of hydrogen-bond donors (Lipinski definition) is 3. The zero-order chi connectivity index (χ0) is 17.2. The van der Waals surface area contributed by atoms with Gasteiger partial charge >= 0.3 is 0 Å². The molecule has 0 unspecified atom stereocenters. The number of fused-ring (bicyclic) bond motifs is 3. The summed E-state index contributed by atoms with van der Waals surface area (Å²) in [6.45, 7) is 5.54. The molecule has 0 fully saturated rings. The Morgan fingerprint density at radius 3 is 2.50 bits per heavy atom. The molecular weight excluding hydrogens is 312 g/mol. The standard InChI is InChI=1S/C18H12O6/c1-7(2)12-4-8-3-10-15(21)14-11(20)5-9(19)6-13(14)24-18(10)16(22)17(8)23-12/h3-6,19-20,22H,1H2,2H3. The van der Waals surface area contributed by atoms with E-state index >= 15 is 0 Å². The fourth-order valence-corrected chi connectivity index (χ4v) is 2.77. The summed E-state index contributed by atoms with van der Waals surface area (Å²) in [5, 5.41) is 30.5. The highest BCUT2D eigenvalue weighted by Gasteiger charge is 2.19. The Bertz CT molecular complexity index is 1230. The SMILES string of the molecule is C=C(C)c1cc2cc3c(=O)c4c(O)cc(O)cc4oc3c(O)c2o1. The van der Waals surface area contributed by atoms with Crippen LogP contribution in [0.4, 0.5) is 0 Å². The van der Waals surface area contributed by atoms with Crippen LogP contribution in [0.15, 0.2) is 44.5 Å². The molecule has 3 N–H and O–H groups in total. The maximum Gasteiger partial charge on any atom is 0.204 e.